The van der Waals surface area contributed by atoms with Crippen molar-refractivity contribution in [3.63, 3.8) is 0 Å². The highest BCUT2D eigenvalue weighted by molar-refractivity contribution is 5.90. The van der Waals surface area contributed by atoms with Gasteiger partial charge in [-0.05, 0) is 60.5 Å². The van der Waals surface area contributed by atoms with E-state index >= 15 is 0 Å². The summed E-state index contributed by atoms with van der Waals surface area (Å²) in [7, 11) is 3.56. The molecule has 0 fully saturated rings. The van der Waals surface area contributed by atoms with Crippen LogP contribution in [-0.4, -0.2) is 91.3 Å². The Morgan fingerprint density at radius 3 is 2.46 bits per heavy atom. The van der Waals surface area contributed by atoms with Crippen molar-refractivity contribution in [1.82, 2.24) is 29.7 Å². The molecule has 4 N–H and O–H groups in total. The molecule has 0 atom stereocenters. The van der Waals surface area contributed by atoms with Crippen LogP contribution in [0.25, 0.3) is 33.7 Å². The number of nitrogens with one attached hydrogen (secondary N) is 2. The van der Waals surface area contributed by atoms with Gasteiger partial charge in [0.2, 0.25) is 0 Å². The van der Waals surface area contributed by atoms with E-state index in [0.717, 1.165) is 12.1 Å². The van der Waals surface area contributed by atoms with E-state index in [1.54, 1.807) is 74.5 Å². The minimum absolute atomic E-state index is 0.0543. The van der Waals surface area contributed by atoms with Gasteiger partial charge in [-0.1, -0.05) is 12.1 Å². The molecule has 0 unspecified atom stereocenters. The molecule has 2 amide bonds. The van der Waals surface area contributed by atoms with Crippen molar-refractivity contribution in [3.8, 4) is 34.1 Å². The lowest BCUT2D eigenvalue weighted by molar-refractivity contribution is -0.883. The average molecular weight is 693 g/mol. The van der Waals surface area contributed by atoms with Crippen molar-refractivity contribution in [3.05, 3.63) is 83.7 Å². The van der Waals surface area contributed by atoms with Gasteiger partial charge in [-0.25, -0.2) is 18.8 Å². The number of amides is 2. The van der Waals surface area contributed by atoms with Gasteiger partial charge in [0.1, 0.15) is 0 Å². The number of pyridine rings is 1. The van der Waals surface area contributed by atoms with E-state index in [9.17, 15) is 28.0 Å². The van der Waals surface area contributed by atoms with Gasteiger partial charge < -0.3 is 20.0 Å². The quantitative estimate of drug-likeness (QED) is 0.0904. The number of rotatable bonds is 10. The molecule has 0 radical (unpaired) electrons. The van der Waals surface area contributed by atoms with Crippen LogP contribution >= 0.6 is 0 Å². The van der Waals surface area contributed by atoms with Gasteiger partial charge in [-0.3, -0.25) is 10.1 Å². The summed E-state index contributed by atoms with van der Waals surface area (Å²) in [6.45, 7) is 2.24. The molecule has 5 aromatic rings. The first-order valence-electron chi connectivity index (χ1n) is 15.0. The van der Waals surface area contributed by atoms with E-state index in [-0.39, 0.29) is 41.2 Å². The Bertz CT molecular complexity index is 2050. The molecule has 260 valence electrons. The monoisotopic (exact) mass is 692 g/mol. The van der Waals surface area contributed by atoms with Gasteiger partial charge in [0.05, 0.1) is 55.4 Å². The van der Waals surface area contributed by atoms with Crippen LogP contribution in [-0.2, 0) is 15.8 Å². The number of hydrogen-bond donors (Lipinski definition) is 4. The predicted octanol–water partition coefficient (Wildman–Crippen LogP) is 4.82. The van der Waals surface area contributed by atoms with Gasteiger partial charge in [-0.15, -0.1) is 5.10 Å². The zero-order valence-corrected chi connectivity index (χ0v) is 27.1. The second-order valence-electron chi connectivity index (χ2n) is 11.7. The number of urea groups is 1. The van der Waals surface area contributed by atoms with Crippen molar-refractivity contribution < 1.29 is 42.3 Å². The number of likely N-dealkylation sites (N-methyl/N-ethyl adjacent to an activating group) is 1. The summed E-state index contributed by atoms with van der Waals surface area (Å²) in [5.41, 5.74) is 2.94. The Morgan fingerprint density at radius 2 is 1.82 bits per heavy atom. The number of nitriles is 1. The van der Waals surface area contributed by atoms with Gasteiger partial charge in [0, 0.05) is 30.3 Å². The molecule has 17 heteroatoms. The van der Waals surface area contributed by atoms with Crippen molar-refractivity contribution >= 4 is 30.1 Å². The zero-order chi connectivity index (χ0) is 36.6. The van der Waals surface area contributed by atoms with E-state index in [1.165, 1.54) is 10.6 Å². The first-order chi connectivity index (χ1) is 23.7. The van der Waals surface area contributed by atoms with Gasteiger partial charge in [0.25, 0.3) is 12.4 Å². The topological polar surface area (TPSA) is 188 Å². The maximum Gasteiger partial charge on any atom is 0.416 e. The molecule has 0 bridgehead atoms. The summed E-state index contributed by atoms with van der Waals surface area (Å²) in [4.78, 5) is 36.6. The third-order valence-corrected chi connectivity index (χ3v) is 7.54. The number of aromatic nitrogens is 5. The maximum absolute atomic E-state index is 13.7. The second kappa shape index (κ2) is 15.3. The maximum atomic E-state index is 13.7. The van der Waals surface area contributed by atoms with Crippen LogP contribution in [0.4, 0.5) is 23.9 Å². The fourth-order valence-corrected chi connectivity index (χ4v) is 5.30. The Morgan fingerprint density at radius 1 is 1.12 bits per heavy atom. The van der Waals surface area contributed by atoms with Gasteiger partial charge in [-0.2, -0.15) is 28.5 Å². The highest BCUT2D eigenvalue weighted by atomic mass is 19.4. The smallest absolute Gasteiger partial charge is 0.416 e. The molecule has 0 aliphatic rings. The van der Waals surface area contributed by atoms with Crippen molar-refractivity contribution in [1.29, 1.82) is 5.26 Å². The minimum Gasteiger partial charge on any atom is -0.483 e. The fourth-order valence-electron chi connectivity index (χ4n) is 5.30. The minimum atomic E-state index is -4.58. The molecule has 3 heterocycles. The predicted molar refractivity (Wildman–Crippen MR) is 175 cm³/mol. The lowest BCUT2D eigenvalue weighted by atomic mass is 9.95. The lowest BCUT2D eigenvalue weighted by Gasteiger charge is -2.27. The molecule has 0 spiro atoms. The first kappa shape index (κ1) is 36.6. The Hall–Kier alpha value is -6.28. The standard InChI is InChI=1S/C32H30F3N9O3.CH2O2/c1-20-25(26-12-14-38-43(26)24-10-8-21(17-36)9-11-24)18-42-29(28(20)22-6-4-7-23(16-22)32(33,34)35)39-30(41-42)40-31(47)37-13-5-15-44(2,3)19-27(45)46;2-1-3/h4,6-12,14,16,18H,5,13,15,19H2,1-3H3,(H2-,37,40,41,45,46,47);1H,(H,2,3)/p+1. The third-order valence-electron chi connectivity index (χ3n) is 7.54. The number of hydrogen-bond acceptors (Lipinski definition) is 7. The number of fused-ring (bicyclic) bond motifs is 1. The highest BCUT2D eigenvalue weighted by Gasteiger charge is 2.31. The Labute approximate surface area is 283 Å². The zero-order valence-electron chi connectivity index (χ0n) is 27.1. The summed E-state index contributed by atoms with van der Waals surface area (Å²) < 4.78 is 44.5. The number of halogens is 3. The largest absolute Gasteiger partial charge is 0.483 e. The van der Waals surface area contributed by atoms with E-state index in [0.29, 0.717) is 46.6 Å². The van der Waals surface area contributed by atoms with Crippen LogP contribution in [0.2, 0.25) is 0 Å². The summed E-state index contributed by atoms with van der Waals surface area (Å²) >= 11 is 0. The number of carboxylic acid groups (broad SMARTS) is 2. The third kappa shape index (κ3) is 8.79. The summed E-state index contributed by atoms with van der Waals surface area (Å²) in [5, 5.41) is 39.3. The fraction of sp³-hybridized carbons (Fsp3) is 0.242. The summed E-state index contributed by atoms with van der Waals surface area (Å²) in [5.74, 6) is -0.991. The number of carbonyl (C=O) groups excluding carboxylic acids is 1. The van der Waals surface area contributed by atoms with E-state index < -0.39 is 23.7 Å². The number of alkyl halides is 3. The van der Waals surface area contributed by atoms with Crippen molar-refractivity contribution in [2.24, 2.45) is 0 Å². The molecule has 0 aliphatic heterocycles. The highest BCUT2D eigenvalue weighted by Crippen LogP contribution is 2.38. The van der Waals surface area contributed by atoms with Crippen LogP contribution in [0.3, 0.4) is 0 Å². The summed E-state index contributed by atoms with van der Waals surface area (Å²) in [6.07, 6.45) is -0.813. The van der Waals surface area contributed by atoms with Crippen LogP contribution in [0.15, 0.2) is 67.0 Å². The van der Waals surface area contributed by atoms with Crippen LogP contribution in [0.5, 0.6) is 0 Å². The number of quaternary nitrogens is 1. The molecule has 14 nitrogen and oxygen atoms in total. The number of benzene rings is 2. The number of aliphatic carboxylic acids is 1. The number of anilines is 1. The number of nitrogens with zero attached hydrogens (tertiary/aromatic N) is 7. The molecule has 0 saturated heterocycles. The lowest BCUT2D eigenvalue weighted by Crippen LogP contribution is -2.45. The van der Waals surface area contributed by atoms with Crippen LogP contribution < -0.4 is 10.6 Å². The SMILES string of the molecule is Cc1c(-c2ccnn2-c2ccc(C#N)cc2)cn2nc(NC(=O)NCCC[N+](C)(C)CC(=O)O)nc2c1-c1cccc(C(F)(F)F)c1.O=CO. The number of carboxylic acids is 1. The molecule has 50 heavy (non-hydrogen) atoms. The Kier molecular flexibility index (Phi) is 11.2. The molecule has 5 rings (SSSR count). The molecule has 0 saturated carbocycles. The van der Waals surface area contributed by atoms with Gasteiger partial charge >= 0.3 is 18.2 Å². The van der Waals surface area contributed by atoms with Crippen LogP contribution in [0.1, 0.15) is 23.1 Å². The Balaban J connectivity index is 0.00000181. The molecule has 0 aliphatic carbocycles. The van der Waals surface area contributed by atoms with Crippen LogP contribution in [0, 0.1) is 18.3 Å². The summed E-state index contributed by atoms with van der Waals surface area (Å²) in [6, 6.07) is 14.9. The van der Waals surface area contributed by atoms with Crippen molar-refractivity contribution in [2.45, 2.75) is 19.5 Å². The first-order valence-corrected chi connectivity index (χ1v) is 15.0. The molecule has 3 aromatic heterocycles. The van der Waals surface area contributed by atoms with E-state index in [2.05, 4.69) is 31.9 Å². The molecular weight excluding hydrogens is 659 g/mol. The van der Waals surface area contributed by atoms with E-state index in [1.807, 2.05) is 0 Å². The van der Waals surface area contributed by atoms with Crippen molar-refractivity contribution in [2.75, 3.05) is 39.0 Å². The molecular formula is C33H33F3N9O5+. The van der Waals surface area contributed by atoms with E-state index in [4.69, 9.17) is 15.0 Å². The van der Waals surface area contributed by atoms with Gasteiger partial charge in [0.15, 0.2) is 12.2 Å². The normalized spacial score (nSPS) is 11.3. The molecule has 2 aromatic carbocycles. The second-order valence-corrected chi connectivity index (χ2v) is 11.7. The number of carbonyl (C=O) groups is 3. The average Bonchev–Trinajstić information content (AvgIpc) is 3.69.